The highest BCUT2D eigenvalue weighted by Crippen LogP contribution is 2.25. The van der Waals surface area contributed by atoms with Gasteiger partial charge in [-0.2, -0.15) is 0 Å². The number of aryl methyl sites for hydroxylation is 2. The molecule has 0 radical (unpaired) electrons. The highest BCUT2D eigenvalue weighted by atomic mass is 14.9. The average Bonchev–Trinajstić information content (AvgIpc) is 2.72. The fourth-order valence-electron chi connectivity index (χ4n) is 2.30. The minimum Gasteiger partial charge on any atom is -0.385 e. The van der Waals surface area contributed by atoms with Crippen molar-refractivity contribution in [2.45, 2.75) is 33.6 Å². The average molecular weight is 242 g/mol. The molecule has 0 aliphatic carbocycles. The van der Waals surface area contributed by atoms with Crippen molar-refractivity contribution in [3.05, 3.63) is 41.6 Å². The maximum atomic E-state index is 4.10. The molecule has 2 N–H and O–H groups in total. The number of hydrogen-bond acceptors (Lipinski definition) is 1. The molecule has 0 aliphatic heterocycles. The van der Waals surface area contributed by atoms with E-state index in [1.165, 1.54) is 27.7 Å². The van der Waals surface area contributed by atoms with E-state index in [0.717, 1.165) is 25.1 Å². The van der Waals surface area contributed by atoms with Crippen molar-refractivity contribution in [1.29, 1.82) is 0 Å². The van der Waals surface area contributed by atoms with Crippen molar-refractivity contribution in [3.8, 4) is 0 Å². The third-order valence-electron chi connectivity index (χ3n) is 3.45. The molecule has 0 saturated heterocycles. The number of fused-ring (bicyclic) bond motifs is 1. The van der Waals surface area contributed by atoms with Gasteiger partial charge < -0.3 is 10.3 Å². The van der Waals surface area contributed by atoms with Crippen LogP contribution in [0.4, 0.5) is 0 Å². The summed E-state index contributed by atoms with van der Waals surface area (Å²) < 4.78 is 0. The van der Waals surface area contributed by atoms with E-state index in [1.54, 1.807) is 0 Å². The van der Waals surface area contributed by atoms with E-state index in [0.29, 0.717) is 0 Å². The number of nitrogens with one attached hydrogen (secondary N) is 2. The molecule has 0 unspecified atom stereocenters. The van der Waals surface area contributed by atoms with Crippen LogP contribution in [0.25, 0.3) is 16.6 Å². The van der Waals surface area contributed by atoms with Gasteiger partial charge in [0, 0.05) is 28.8 Å². The Bertz CT molecular complexity index is 564. The maximum Gasteiger partial charge on any atom is 0.0459 e. The van der Waals surface area contributed by atoms with Crippen LogP contribution < -0.4 is 5.32 Å². The van der Waals surface area contributed by atoms with Gasteiger partial charge in [-0.3, -0.25) is 0 Å². The molecule has 0 spiro atoms. The summed E-state index contributed by atoms with van der Waals surface area (Å²) in [7, 11) is 0. The number of hydrogen-bond donors (Lipinski definition) is 2. The Balaban J connectivity index is 2.37. The molecule has 0 fully saturated rings. The molecular formula is C16H22N2. The minimum absolute atomic E-state index is 0.975. The number of benzene rings is 1. The van der Waals surface area contributed by atoms with E-state index in [4.69, 9.17) is 0 Å². The fraction of sp³-hybridized carbons (Fsp3) is 0.375. The standard InChI is InChI=1S/C16H22N2/c1-5-9-17-12(4)13-7-8-16-14(10-13)11(3)15(6-2)18-16/h7-8,10,17-18H,4-6,9H2,1-3H3. The fourth-order valence-corrected chi connectivity index (χ4v) is 2.30. The van der Waals surface area contributed by atoms with Crippen LogP contribution in [-0.4, -0.2) is 11.5 Å². The van der Waals surface area contributed by atoms with E-state index < -0.39 is 0 Å². The second kappa shape index (κ2) is 5.30. The Labute approximate surface area is 109 Å². The molecule has 18 heavy (non-hydrogen) atoms. The maximum absolute atomic E-state index is 4.10. The lowest BCUT2D eigenvalue weighted by molar-refractivity contribution is 0.825. The van der Waals surface area contributed by atoms with Gasteiger partial charge in [0.1, 0.15) is 0 Å². The first-order valence-electron chi connectivity index (χ1n) is 6.71. The van der Waals surface area contributed by atoms with E-state index in [9.17, 15) is 0 Å². The van der Waals surface area contributed by atoms with E-state index >= 15 is 0 Å². The van der Waals surface area contributed by atoms with E-state index in [2.05, 4.69) is 55.9 Å². The molecule has 0 atom stereocenters. The molecular weight excluding hydrogens is 220 g/mol. The third-order valence-corrected chi connectivity index (χ3v) is 3.45. The molecule has 0 bridgehead atoms. The smallest absolute Gasteiger partial charge is 0.0459 e. The summed E-state index contributed by atoms with van der Waals surface area (Å²) in [5, 5.41) is 4.66. The van der Waals surface area contributed by atoms with Crippen molar-refractivity contribution < 1.29 is 0 Å². The van der Waals surface area contributed by atoms with Crippen LogP contribution in [0.5, 0.6) is 0 Å². The van der Waals surface area contributed by atoms with Crippen LogP contribution >= 0.6 is 0 Å². The van der Waals surface area contributed by atoms with Crippen LogP contribution in [0.15, 0.2) is 24.8 Å². The Morgan fingerprint density at radius 3 is 2.78 bits per heavy atom. The molecule has 2 heteroatoms. The largest absolute Gasteiger partial charge is 0.385 e. The molecule has 1 aromatic heterocycles. The Morgan fingerprint density at radius 1 is 1.33 bits per heavy atom. The quantitative estimate of drug-likeness (QED) is 0.814. The summed E-state index contributed by atoms with van der Waals surface area (Å²) >= 11 is 0. The predicted octanol–water partition coefficient (Wildman–Crippen LogP) is 4.01. The molecule has 0 saturated carbocycles. The first-order chi connectivity index (χ1) is 8.67. The highest BCUT2D eigenvalue weighted by Gasteiger charge is 2.07. The zero-order chi connectivity index (χ0) is 13.1. The van der Waals surface area contributed by atoms with E-state index in [1.807, 2.05) is 0 Å². The zero-order valence-electron chi connectivity index (χ0n) is 11.6. The molecule has 96 valence electrons. The molecule has 0 amide bonds. The summed E-state index contributed by atoms with van der Waals surface area (Å²) in [5.74, 6) is 0. The summed E-state index contributed by atoms with van der Waals surface area (Å²) in [5.41, 5.74) is 6.10. The normalized spacial score (nSPS) is 10.8. The van der Waals surface area contributed by atoms with Gasteiger partial charge in [-0.15, -0.1) is 0 Å². The van der Waals surface area contributed by atoms with Crippen molar-refractivity contribution in [1.82, 2.24) is 10.3 Å². The number of rotatable bonds is 5. The van der Waals surface area contributed by atoms with E-state index in [-0.39, 0.29) is 0 Å². The zero-order valence-corrected chi connectivity index (χ0v) is 11.6. The molecule has 1 aromatic carbocycles. The minimum atomic E-state index is 0.975. The van der Waals surface area contributed by atoms with Gasteiger partial charge in [0.15, 0.2) is 0 Å². The van der Waals surface area contributed by atoms with Gasteiger partial charge in [-0.05, 0) is 43.0 Å². The van der Waals surface area contributed by atoms with Crippen molar-refractivity contribution >= 4 is 16.6 Å². The van der Waals surface area contributed by atoms with Crippen LogP contribution in [0.1, 0.15) is 37.1 Å². The second-order valence-electron chi connectivity index (χ2n) is 4.75. The summed E-state index contributed by atoms with van der Waals surface area (Å²) in [6, 6.07) is 6.50. The first-order valence-corrected chi connectivity index (χ1v) is 6.71. The number of H-pyrrole nitrogens is 1. The number of aromatic nitrogens is 1. The SMILES string of the molecule is C=C(NCCC)c1ccc2[nH]c(CC)c(C)c2c1. The topological polar surface area (TPSA) is 27.8 Å². The van der Waals surface area contributed by atoms with Crippen molar-refractivity contribution in [2.24, 2.45) is 0 Å². The van der Waals surface area contributed by atoms with Gasteiger partial charge in [-0.25, -0.2) is 0 Å². The van der Waals surface area contributed by atoms with Crippen molar-refractivity contribution in [2.75, 3.05) is 6.54 Å². The Hall–Kier alpha value is -1.70. The number of aromatic amines is 1. The van der Waals surface area contributed by atoms with Crippen LogP contribution in [-0.2, 0) is 6.42 Å². The lowest BCUT2D eigenvalue weighted by Crippen LogP contribution is -2.11. The van der Waals surface area contributed by atoms with Crippen LogP contribution in [0, 0.1) is 6.92 Å². The Morgan fingerprint density at radius 2 is 2.11 bits per heavy atom. The predicted molar refractivity (Wildman–Crippen MR) is 79.7 cm³/mol. The van der Waals surface area contributed by atoms with Gasteiger partial charge in [0.2, 0.25) is 0 Å². The van der Waals surface area contributed by atoms with Gasteiger partial charge >= 0.3 is 0 Å². The monoisotopic (exact) mass is 242 g/mol. The van der Waals surface area contributed by atoms with Gasteiger partial charge in [0.05, 0.1) is 0 Å². The van der Waals surface area contributed by atoms with Crippen LogP contribution in [0.2, 0.25) is 0 Å². The first kappa shape index (κ1) is 12.7. The lowest BCUT2D eigenvalue weighted by atomic mass is 10.1. The second-order valence-corrected chi connectivity index (χ2v) is 4.75. The summed E-state index contributed by atoms with van der Waals surface area (Å²) in [4.78, 5) is 3.47. The van der Waals surface area contributed by atoms with Gasteiger partial charge in [0.25, 0.3) is 0 Å². The molecule has 1 heterocycles. The Kier molecular flexibility index (Phi) is 3.75. The highest BCUT2D eigenvalue weighted by molar-refractivity contribution is 5.87. The molecule has 0 aliphatic rings. The summed E-state index contributed by atoms with van der Waals surface area (Å²) in [6.45, 7) is 11.6. The molecule has 2 aromatic rings. The summed E-state index contributed by atoms with van der Waals surface area (Å²) in [6.07, 6.45) is 2.16. The van der Waals surface area contributed by atoms with Crippen molar-refractivity contribution in [3.63, 3.8) is 0 Å². The van der Waals surface area contributed by atoms with Gasteiger partial charge in [-0.1, -0.05) is 26.5 Å². The lowest BCUT2D eigenvalue weighted by Gasteiger charge is -2.08. The third kappa shape index (κ3) is 2.28. The van der Waals surface area contributed by atoms with Crippen LogP contribution in [0.3, 0.4) is 0 Å². The molecule has 2 rings (SSSR count). The molecule has 2 nitrogen and oxygen atoms in total.